The van der Waals surface area contributed by atoms with Gasteiger partial charge in [-0.15, -0.1) is 0 Å². The molecule has 0 saturated heterocycles. The number of aromatic nitrogens is 3. The van der Waals surface area contributed by atoms with E-state index in [0.717, 1.165) is 4.68 Å². The highest BCUT2D eigenvalue weighted by molar-refractivity contribution is 6.04. The van der Waals surface area contributed by atoms with Gasteiger partial charge in [0.25, 0.3) is 5.56 Å². The van der Waals surface area contributed by atoms with E-state index < -0.39 is 11.4 Å². The van der Waals surface area contributed by atoms with Crippen LogP contribution in [0, 0.1) is 12.7 Å². The fourth-order valence-electron chi connectivity index (χ4n) is 2.92. The lowest BCUT2D eigenvalue weighted by atomic mass is 10.2. The highest BCUT2D eigenvalue weighted by Crippen LogP contribution is 2.26. The van der Waals surface area contributed by atoms with Crippen molar-refractivity contribution in [2.24, 2.45) is 5.10 Å². The third kappa shape index (κ3) is 2.80. The van der Waals surface area contributed by atoms with Crippen LogP contribution in [0.1, 0.15) is 11.4 Å². The van der Waals surface area contributed by atoms with Gasteiger partial charge in [0, 0.05) is 10.9 Å². The monoisotopic (exact) mass is 366 g/mol. The van der Waals surface area contributed by atoms with Crippen molar-refractivity contribution in [3.8, 4) is 11.5 Å². The number of phenols is 1. The van der Waals surface area contributed by atoms with Crippen LogP contribution in [0.15, 0.2) is 46.3 Å². The number of methoxy groups -OCH3 is 1. The zero-order chi connectivity index (χ0) is 19.1. The number of benzene rings is 2. The molecular formula is C19H15FN4O3. The highest BCUT2D eigenvalue weighted by atomic mass is 19.1. The lowest BCUT2D eigenvalue weighted by molar-refractivity contribution is 0.373. The zero-order valence-electron chi connectivity index (χ0n) is 14.5. The van der Waals surface area contributed by atoms with Crippen molar-refractivity contribution < 1.29 is 14.2 Å². The van der Waals surface area contributed by atoms with Crippen LogP contribution in [0.3, 0.4) is 0 Å². The Hall–Kier alpha value is -3.68. The Kier molecular flexibility index (Phi) is 3.88. The van der Waals surface area contributed by atoms with Crippen molar-refractivity contribution in [3.63, 3.8) is 0 Å². The maximum absolute atomic E-state index is 13.5. The van der Waals surface area contributed by atoms with Gasteiger partial charge in [-0.25, -0.2) is 9.37 Å². The first-order valence-corrected chi connectivity index (χ1v) is 8.10. The van der Waals surface area contributed by atoms with Crippen LogP contribution in [0.2, 0.25) is 0 Å². The summed E-state index contributed by atoms with van der Waals surface area (Å²) in [5, 5.41) is 14.4. The number of hydrogen-bond acceptors (Lipinski definition) is 5. The highest BCUT2D eigenvalue weighted by Gasteiger charge is 2.13. The van der Waals surface area contributed by atoms with E-state index in [0.29, 0.717) is 33.6 Å². The number of aromatic hydroxyl groups is 1. The summed E-state index contributed by atoms with van der Waals surface area (Å²) < 4.78 is 19.8. The van der Waals surface area contributed by atoms with Crippen molar-refractivity contribution in [1.82, 2.24) is 14.6 Å². The zero-order valence-corrected chi connectivity index (χ0v) is 14.5. The second kappa shape index (κ2) is 6.24. The van der Waals surface area contributed by atoms with Crippen LogP contribution in [0.5, 0.6) is 11.5 Å². The van der Waals surface area contributed by atoms with Gasteiger partial charge in [-0.3, -0.25) is 4.79 Å². The Morgan fingerprint density at radius 1 is 1.30 bits per heavy atom. The molecule has 2 aromatic heterocycles. The lowest BCUT2D eigenvalue weighted by Crippen LogP contribution is -2.20. The molecule has 2 N–H and O–H groups in total. The fraction of sp³-hybridized carbons (Fsp3) is 0.105. The molecule has 0 aliphatic heterocycles. The molecule has 2 aromatic carbocycles. The number of fused-ring (bicyclic) bond motifs is 3. The first-order chi connectivity index (χ1) is 13.0. The molecule has 2 heterocycles. The molecule has 0 aliphatic rings. The average molecular weight is 366 g/mol. The van der Waals surface area contributed by atoms with Crippen molar-refractivity contribution in [1.29, 1.82) is 0 Å². The largest absolute Gasteiger partial charge is 0.504 e. The summed E-state index contributed by atoms with van der Waals surface area (Å²) in [7, 11) is 1.45. The maximum atomic E-state index is 13.5. The van der Waals surface area contributed by atoms with E-state index in [2.05, 4.69) is 15.1 Å². The average Bonchev–Trinajstić information content (AvgIpc) is 3.01. The van der Waals surface area contributed by atoms with Crippen molar-refractivity contribution >= 4 is 28.2 Å². The number of phenolic OH excluding ortho intramolecular Hbond substituents is 1. The van der Waals surface area contributed by atoms with Crippen molar-refractivity contribution in [2.75, 3.05) is 7.11 Å². The third-order valence-electron chi connectivity index (χ3n) is 4.25. The van der Waals surface area contributed by atoms with Gasteiger partial charge in [-0.1, -0.05) is 0 Å². The van der Waals surface area contributed by atoms with Gasteiger partial charge >= 0.3 is 0 Å². The topological polar surface area (TPSA) is 92.5 Å². The summed E-state index contributed by atoms with van der Waals surface area (Å²) in [6.45, 7) is 1.65. The number of nitrogens with zero attached hydrogens (tertiary/aromatic N) is 3. The number of aromatic amines is 1. The van der Waals surface area contributed by atoms with Crippen LogP contribution in [0.25, 0.3) is 21.9 Å². The molecule has 136 valence electrons. The molecule has 0 fully saturated rings. The van der Waals surface area contributed by atoms with Gasteiger partial charge in [0.15, 0.2) is 11.5 Å². The van der Waals surface area contributed by atoms with Gasteiger partial charge in [0.05, 0.1) is 13.3 Å². The SMILES string of the molecule is COc1cc(C=Nn2c(C)nc3c([nH]c4ccc(F)cc43)c2=O)ccc1O. The van der Waals surface area contributed by atoms with Crippen molar-refractivity contribution in [3.05, 3.63) is 64.0 Å². The predicted octanol–water partition coefficient (Wildman–Crippen LogP) is 2.92. The molecule has 0 aliphatic carbocycles. The van der Waals surface area contributed by atoms with E-state index in [1.54, 1.807) is 25.1 Å². The van der Waals surface area contributed by atoms with Gasteiger partial charge in [-0.05, 0) is 48.9 Å². The molecule has 4 rings (SSSR count). The van der Waals surface area contributed by atoms with Crippen LogP contribution < -0.4 is 10.3 Å². The number of nitrogens with one attached hydrogen (secondary N) is 1. The number of ether oxygens (including phenoxy) is 1. The van der Waals surface area contributed by atoms with E-state index in [-0.39, 0.29) is 11.3 Å². The predicted molar refractivity (Wildman–Crippen MR) is 100 cm³/mol. The minimum atomic E-state index is -0.397. The van der Waals surface area contributed by atoms with Crippen LogP contribution in [-0.2, 0) is 0 Å². The number of aryl methyl sites for hydroxylation is 1. The molecular weight excluding hydrogens is 351 g/mol. The third-order valence-corrected chi connectivity index (χ3v) is 4.25. The Morgan fingerprint density at radius 3 is 2.89 bits per heavy atom. The van der Waals surface area contributed by atoms with Crippen LogP contribution >= 0.6 is 0 Å². The normalized spacial score (nSPS) is 11.7. The first kappa shape index (κ1) is 16.8. The quantitative estimate of drug-likeness (QED) is 0.545. The Morgan fingerprint density at radius 2 is 2.11 bits per heavy atom. The van der Waals surface area contributed by atoms with Gasteiger partial charge in [0.2, 0.25) is 0 Å². The molecule has 7 nitrogen and oxygen atoms in total. The number of rotatable bonds is 3. The summed E-state index contributed by atoms with van der Waals surface area (Å²) in [5.41, 5.74) is 1.53. The standard InChI is InChI=1S/C19H15FN4O3/c1-10-22-17-13-8-12(20)4-5-14(13)23-18(17)19(26)24(10)21-9-11-3-6-15(25)16(7-11)27-2/h3-9,23,25H,1-2H3. The number of halogens is 1. The van der Waals surface area contributed by atoms with Crippen LogP contribution in [0.4, 0.5) is 4.39 Å². The molecule has 0 spiro atoms. The molecule has 27 heavy (non-hydrogen) atoms. The van der Waals surface area contributed by atoms with Crippen LogP contribution in [-0.4, -0.2) is 33.1 Å². The second-order valence-electron chi connectivity index (χ2n) is 5.99. The molecule has 0 amide bonds. The van der Waals surface area contributed by atoms with Gasteiger partial charge in [-0.2, -0.15) is 9.78 Å². The van der Waals surface area contributed by atoms with Gasteiger partial charge < -0.3 is 14.8 Å². The molecule has 0 atom stereocenters. The maximum Gasteiger partial charge on any atom is 0.298 e. The molecule has 0 unspecified atom stereocenters. The second-order valence-corrected chi connectivity index (χ2v) is 5.99. The Balaban J connectivity index is 1.85. The minimum absolute atomic E-state index is 0.0105. The minimum Gasteiger partial charge on any atom is -0.504 e. The molecule has 8 heteroatoms. The summed E-state index contributed by atoms with van der Waals surface area (Å²) in [6.07, 6.45) is 1.46. The summed E-state index contributed by atoms with van der Waals surface area (Å²) in [5.74, 6) is 0.275. The van der Waals surface area contributed by atoms with E-state index in [9.17, 15) is 14.3 Å². The molecule has 0 radical (unpaired) electrons. The van der Waals surface area contributed by atoms with E-state index in [1.165, 1.54) is 31.5 Å². The summed E-state index contributed by atoms with van der Waals surface area (Å²) >= 11 is 0. The summed E-state index contributed by atoms with van der Waals surface area (Å²) in [4.78, 5) is 20.2. The Labute approximate surface area is 152 Å². The van der Waals surface area contributed by atoms with Crippen molar-refractivity contribution in [2.45, 2.75) is 6.92 Å². The molecule has 4 aromatic rings. The van der Waals surface area contributed by atoms with E-state index in [4.69, 9.17) is 4.74 Å². The fourth-order valence-corrected chi connectivity index (χ4v) is 2.92. The molecule has 0 saturated carbocycles. The van der Waals surface area contributed by atoms with E-state index >= 15 is 0 Å². The van der Waals surface area contributed by atoms with Gasteiger partial charge in [0.1, 0.15) is 22.7 Å². The molecule has 0 bridgehead atoms. The number of H-pyrrole nitrogens is 1. The number of hydrogen-bond donors (Lipinski definition) is 2. The first-order valence-electron chi connectivity index (χ1n) is 8.10. The summed E-state index contributed by atoms with van der Waals surface area (Å²) in [6, 6.07) is 8.94. The lowest BCUT2D eigenvalue weighted by Gasteiger charge is -2.05. The smallest absolute Gasteiger partial charge is 0.298 e. The van der Waals surface area contributed by atoms with E-state index in [1.807, 2.05) is 0 Å². The Bertz CT molecular complexity index is 1270.